The van der Waals surface area contributed by atoms with E-state index in [1.54, 1.807) is 0 Å². The van der Waals surface area contributed by atoms with Crippen molar-refractivity contribution in [3.05, 3.63) is 11.6 Å². The van der Waals surface area contributed by atoms with Crippen molar-refractivity contribution in [1.82, 2.24) is 0 Å². The standard InChI is InChI=1S/C24H34O4/c1-4-27-24-14-13-22(3)18(8-11-23(22)12-9-20(26)28-23)19(24)6-5-16-15-17(25)7-10-21(16,24)2/h15,18-19H,4-14H2,1-3H3/t18?,19?,21?,22?,23-,24-/m1/s1. The van der Waals surface area contributed by atoms with Crippen molar-refractivity contribution in [1.29, 1.82) is 0 Å². The zero-order chi connectivity index (χ0) is 19.8. The lowest BCUT2D eigenvalue weighted by Gasteiger charge is -2.65. The molecule has 4 unspecified atom stereocenters. The summed E-state index contributed by atoms with van der Waals surface area (Å²) >= 11 is 0. The Balaban J connectivity index is 1.57. The Morgan fingerprint density at radius 2 is 1.82 bits per heavy atom. The Bertz CT molecular complexity index is 756. The SMILES string of the molecule is CCO[C@]12CCC3(C)C(CC[C@@]34CCC(=O)O4)C1CCC1=CC(=O)CCC12C. The molecule has 0 radical (unpaired) electrons. The van der Waals surface area contributed by atoms with Gasteiger partial charge >= 0.3 is 5.97 Å². The predicted molar refractivity (Wildman–Crippen MR) is 106 cm³/mol. The Kier molecular flexibility index (Phi) is 3.99. The van der Waals surface area contributed by atoms with Crippen molar-refractivity contribution >= 4 is 11.8 Å². The van der Waals surface area contributed by atoms with E-state index in [0.717, 1.165) is 58.0 Å². The summed E-state index contributed by atoms with van der Waals surface area (Å²) in [6, 6.07) is 0. The number of rotatable bonds is 2. The second-order valence-corrected chi connectivity index (χ2v) is 10.5. The summed E-state index contributed by atoms with van der Waals surface area (Å²) < 4.78 is 12.8. The van der Waals surface area contributed by atoms with Gasteiger partial charge in [-0.05, 0) is 76.2 Å². The van der Waals surface area contributed by atoms with Crippen molar-refractivity contribution in [3.8, 4) is 0 Å². The van der Waals surface area contributed by atoms with Crippen LogP contribution in [0.3, 0.4) is 0 Å². The molecular formula is C24H34O4. The highest BCUT2D eigenvalue weighted by Gasteiger charge is 2.71. The van der Waals surface area contributed by atoms with Crippen LogP contribution >= 0.6 is 0 Å². The largest absolute Gasteiger partial charge is 0.458 e. The summed E-state index contributed by atoms with van der Waals surface area (Å²) in [4.78, 5) is 24.2. The van der Waals surface area contributed by atoms with E-state index in [2.05, 4.69) is 20.8 Å². The fraction of sp³-hybridized carbons (Fsp3) is 0.833. The van der Waals surface area contributed by atoms with E-state index in [1.807, 2.05) is 6.08 Å². The molecule has 28 heavy (non-hydrogen) atoms. The molecule has 4 nitrogen and oxygen atoms in total. The van der Waals surface area contributed by atoms with Crippen LogP contribution in [-0.4, -0.2) is 29.6 Å². The lowest BCUT2D eigenvalue weighted by molar-refractivity contribution is -0.233. The number of carbonyl (C=O) groups excluding carboxylic acids is 2. The summed E-state index contributed by atoms with van der Waals surface area (Å²) in [5.74, 6) is 1.31. The van der Waals surface area contributed by atoms with Gasteiger partial charge in [-0.25, -0.2) is 0 Å². The number of esters is 1. The van der Waals surface area contributed by atoms with Gasteiger partial charge in [-0.1, -0.05) is 19.4 Å². The van der Waals surface area contributed by atoms with Gasteiger partial charge in [0.25, 0.3) is 0 Å². The zero-order valence-electron chi connectivity index (χ0n) is 17.6. The fourth-order valence-corrected chi connectivity index (χ4v) is 8.36. The summed E-state index contributed by atoms with van der Waals surface area (Å²) in [5.41, 5.74) is 0.935. The molecule has 0 bridgehead atoms. The predicted octanol–water partition coefficient (Wildman–Crippen LogP) is 4.75. The molecule has 5 aliphatic rings. The Hall–Kier alpha value is -1.16. The number of ether oxygens (including phenoxy) is 2. The molecule has 4 fully saturated rings. The number of hydrogen-bond donors (Lipinski definition) is 0. The molecule has 1 saturated heterocycles. The van der Waals surface area contributed by atoms with Crippen molar-refractivity contribution in [3.63, 3.8) is 0 Å². The van der Waals surface area contributed by atoms with E-state index in [4.69, 9.17) is 9.47 Å². The zero-order valence-corrected chi connectivity index (χ0v) is 17.6. The van der Waals surface area contributed by atoms with Gasteiger partial charge in [0.05, 0.1) is 5.60 Å². The maximum Gasteiger partial charge on any atom is 0.306 e. The number of carbonyl (C=O) groups is 2. The maximum atomic E-state index is 12.2. The van der Waals surface area contributed by atoms with Crippen LogP contribution in [0.5, 0.6) is 0 Å². The van der Waals surface area contributed by atoms with Gasteiger partial charge in [0, 0.05) is 30.3 Å². The lowest BCUT2D eigenvalue weighted by atomic mass is 9.44. The molecule has 6 atom stereocenters. The van der Waals surface area contributed by atoms with Crippen LogP contribution < -0.4 is 0 Å². The van der Waals surface area contributed by atoms with Crippen LogP contribution in [0.15, 0.2) is 11.6 Å². The average molecular weight is 387 g/mol. The highest BCUT2D eigenvalue weighted by molar-refractivity contribution is 5.91. The monoisotopic (exact) mass is 386 g/mol. The summed E-state index contributed by atoms with van der Waals surface area (Å²) in [7, 11) is 0. The number of fused-ring (bicyclic) bond motifs is 6. The van der Waals surface area contributed by atoms with E-state index in [0.29, 0.717) is 24.7 Å². The van der Waals surface area contributed by atoms with Gasteiger partial charge in [-0.2, -0.15) is 0 Å². The van der Waals surface area contributed by atoms with Gasteiger partial charge in [-0.15, -0.1) is 0 Å². The smallest absolute Gasteiger partial charge is 0.306 e. The molecular weight excluding hydrogens is 352 g/mol. The van der Waals surface area contributed by atoms with Crippen molar-refractivity contribution in [2.24, 2.45) is 22.7 Å². The van der Waals surface area contributed by atoms with Crippen LogP contribution in [0.2, 0.25) is 0 Å². The van der Waals surface area contributed by atoms with Crippen LogP contribution in [0.25, 0.3) is 0 Å². The first-order valence-electron chi connectivity index (χ1n) is 11.4. The van der Waals surface area contributed by atoms with Gasteiger partial charge in [-0.3, -0.25) is 9.59 Å². The molecule has 0 aromatic carbocycles. The molecule has 1 heterocycles. The molecule has 3 saturated carbocycles. The minimum Gasteiger partial charge on any atom is -0.458 e. The molecule has 1 spiro atoms. The molecule has 154 valence electrons. The van der Waals surface area contributed by atoms with Crippen molar-refractivity contribution in [2.45, 2.75) is 96.2 Å². The molecule has 5 rings (SSSR count). The van der Waals surface area contributed by atoms with Crippen LogP contribution in [0, 0.1) is 22.7 Å². The quantitative estimate of drug-likeness (QED) is 0.643. The maximum absolute atomic E-state index is 12.2. The van der Waals surface area contributed by atoms with Gasteiger partial charge in [0.2, 0.25) is 0 Å². The topological polar surface area (TPSA) is 52.6 Å². The Morgan fingerprint density at radius 1 is 1.00 bits per heavy atom. The second-order valence-electron chi connectivity index (χ2n) is 10.5. The highest BCUT2D eigenvalue weighted by atomic mass is 16.6. The van der Waals surface area contributed by atoms with Gasteiger partial charge in [0.15, 0.2) is 5.78 Å². The lowest BCUT2D eigenvalue weighted by Crippen LogP contribution is -2.65. The van der Waals surface area contributed by atoms with Gasteiger partial charge in [0.1, 0.15) is 5.60 Å². The van der Waals surface area contributed by atoms with E-state index in [-0.39, 0.29) is 33.8 Å². The number of ketones is 1. The van der Waals surface area contributed by atoms with E-state index >= 15 is 0 Å². The minimum atomic E-state index is -0.243. The fourth-order valence-electron chi connectivity index (χ4n) is 8.36. The molecule has 4 aliphatic carbocycles. The van der Waals surface area contributed by atoms with Crippen molar-refractivity contribution < 1.29 is 19.1 Å². The first kappa shape index (κ1) is 18.8. The third-order valence-electron chi connectivity index (χ3n) is 9.84. The molecule has 0 N–H and O–H groups in total. The Morgan fingerprint density at radius 3 is 2.54 bits per heavy atom. The minimum absolute atomic E-state index is 0.00450. The second kappa shape index (κ2) is 5.93. The first-order valence-corrected chi connectivity index (χ1v) is 11.4. The summed E-state index contributed by atoms with van der Waals surface area (Å²) in [6.07, 6.45) is 11.3. The Labute approximate surface area is 168 Å². The third-order valence-corrected chi connectivity index (χ3v) is 9.84. The van der Waals surface area contributed by atoms with E-state index in [1.165, 1.54) is 5.57 Å². The molecule has 0 aromatic rings. The first-order chi connectivity index (χ1) is 13.3. The van der Waals surface area contributed by atoms with Crippen LogP contribution in [0.1, 0.15) is 85.0 Å². The average Bonchev–Trinajstić information content (AvgIpc) is 3.18. The summed E-state index contributed by atoms with van der Waals surface area (Å²) in [6.45, 7) is 7.61. The van der Waals surface area contributed by atoms with Crippen molar-refractivity contribution in [2.75, 3.05) is 6.61 Å². The summed E-state index contributed by atoms with van der Waals surface area (Å²) in [5, 5.41) is 0. The van der Waals surface area contributed by atoms with Crippen LogP contribution in [-0.2, 0) is 19.1 Å². The molecule has 1 aliphatic heterocycles. The molecule has 0 aromatic heterocycles. The van der Waals surface area contributed by atoms with Gasteiger partial charge < -0.3 is 9.47 Å². The number of hydrogen-bond acceptors (Lipinski definition) is 4. The molecule has 4 heteroatoms. The van der Waals surface area contributed by atoms with E-state index < -0.39 is 0 Å². The van der Waals surface area contributed by atoms with E-state index in [9.17, 15) is 9.59 Å². The normalized spacial score (nSPS) is 50.0. The molecule has 0 amide bonds. The highest BCUT2D eigenvalue weighted by Crippen LogP contribution is 2.71. The third kappa shape index (κ3) is 2.11. The van der Waals surface area contributed by atoms with Crippen LogP contribution in [0.4, 0.5) is 0 Å².